The van der Waals surface area contributed by atoms with Crippen molar-refractivity contribution in [2.24, 2.45) is 0 Å². The number of ether oxygens (including phenoxy) is 1. The van der Waals surface area contributed by atoms with E-state index in [1.165, 1.54) is 19.2 Å². The van der Waals surface area contributed by atoms with E-state index in [1.807, 2.05) is 0 Å². The smallest absolute Gasteiger partial charge is 0.182 e. The van der Waals surface area contributed by atoms with Crippen molar-refractivity contribution in [2.75, 3.05) is 12.4 Å². The molecule has 0 fully saturated rings. The van der Waals surface area contributed by atoms with Gasteiger partial charge in [-0.3, -0.25) is 5.32 Å². The first-order valence-electron chi connectivity index (χ1n) is 5.18. The lowest BCUT2D eigenvalue weighted by molar-refractivity contribution is 0.383. The zero-order valence-corrected chi connectivity index (χ0v) is 9.82. The molecule has 5 nitrogen and oxygen atoms in total. The van der Waals surface area contributed by atoms with Crippen LogP contribution in [0.4, 0.5) is 14.6 Å². The van der Waals surface area contributed by atoms with Crippen LogP contribution in [0, 0.1) is 23.1 Å². The van der Waals surface area contributed by atoms with Crippen LogP contribution >= 0.6 is 0 Å². The number of nitriles is 1. The van der Waals surface area contributed by atoms with Crippen LogP contribution < -0.4 is 10.1 Å². The average molecular weight is 262 g/mol. The molecule has 1 aromatic carbocycles. The summed E-state index contributed by atoms with van der Waals surface area (Å²) in [5.41, 5.74) is 0.122. The molecule has 1 heterocycles. The lowest BCUT2D eigenvalue weighted by atomic mass is 10.1. The minimum atomic E-state index is -0.695. The first-order chi connectivity index (χ1) is 9.15. The second kappa shape index (κ2) is 5.27. The van der Waals surface area contributed by atoms with Crippen molar-refractivity contribution in [3.63, 3.8) is 0 Å². The molecule has 1 N–H and O–H groups in total. The van der Waals surface area contributed by atoms with E-state index in [2.05, 4.69) is 20.3 Å². The van der Waals surface area contributed by atoms with Crippen LogP contribution in [0.15, 0.2) is 24.3 Å². The predicted octanol–water partition coefficient (Wildman–Crippen LogP) is 2.32. The molecule has 0 amide bonds. The minimum Gasteiger partial charge on any atom is -0.494 e. The summed E-state index contributed by atoms with van der Waals surface area (Å²) in [6, 6.07) is 4.79. The predicted molar refractivity (Wildman–Crippen MR) is 63.2 cm³/mol. The van der Waals surface area contributed by atoms with Gasteiger partial charge in [-0.1, -0.05) is 0 Å². The van der Waals surface area contributed by atoms with Gasteiger partial charge in [-0.15, -0.1) is 10.2 Å². The van der Waals surface area contributed by atoms with Gasteiger partial charge in [0.2, 0.25) is 0 Å². The van der Waals surface area contributed by atoms with Gasteiger partial charge in [0.1, 0.15) is 5.82 Å². The molecule has 0 radical (unpaired) electrons. The topological polar surface area (TPSA) is 70.8 Å². The molecule has 0 aliphatic carbocycles. The Kier molecular flexibility index (Phi) is 3.52. The van der Waals surface area contributed by atoms with Gasteiger partial charge in [0, 0.05) is 11.6 Å². The van der Waals surface area contributed by atoms with Gasteiger partial charge in [-0.05, 0) is 18.2 Å². The monoisotopic (exact) mass is 262 g/mol. The summed E-state index contributed by atoms with van der Waals surface area (Å²) in [4.78, 5) is 0. The highest BCUT2D eigenvalue weighted by molar-refractivity contribution is 5.62. The van der Waals surface area contributed by atoms with Gasteiger partial charge in [0.15, 0.2) is 23.6 Å². The molecule has 2 aromatic rings. The van der Waals surface area contributed by atoms with Crippen LogP contribution in [0.1, 0.15) is 0 Å². The largest absolute Gasteiger partial charge is 0.494 e. The Morgan fingerprint density at radius 3 is 2.58 bits per heavy atom. The molecule has 0 aliphatic heterocycles. The Labute approximate surface area is 107 Å². The normalized spacial score (nSPS) is 9.79. The van der Waals surface area contributed by atoms with E-state index in [0.29, 0.717) is 0 Å². The maximum Gasteiger partial charge on any atom is 0.182 e. The van der Waals surface area contributed by atoms with Crippen molar-refractivity contribution in [1.82, 2.24) is 10.2 Å². The van der Waals surface area contributed by atoms with E-state index < -0.39 is 11.6 Å². The number of benzene rings is 1. The Bertz CT molecular complexity index is 637. The van der Waals surface area contributed by atoms with Gasteiger partial charge in [0.25, 0.3) is 0 Å². The molecule has 0 saturated heterocycles. The summed E-state index contributed by atoms with van der Waals surface area (Å²) in [5.74, 6) is -1.33. The van der Waals surface area contributed by atoms with Crippen molar-refractivity contribution in [3.8, 4) is 23.2 Å². The summed E-state index contributed by atoms with van der Waals surface area (Å²) in [6.07, 6.45) is 1.68. The fourth-order valence-corrected chi connectivity index (χ4v) is 1.48. The highest BCUT2D eigenvalue weighted by atomic mass is 19.1. The number of nitrogens with one attached hydrogen (secondary N) is 1. The highest BCUT2D eigenvalue weighted by Crippen LogP contribution is 2.27. The standard InChI is InChI=1S/C12H8F2N4O/c1-19-11-5-8(13)7(4-9(11)14)10-2-3-12(16-6-15)18-17-10/h2-5H,1H3,(H,16,18). The van der Waals surface area contributed by atoms with E-state index >= 15 is 0 Å². The molecule has 96 valence electrons. The van der Waals surface area contributed by atoms with Crippen molar-refractivity contribution in [2.45, 2.75) is 0 Å². The van der Waals surface area contributed by atoms with Crippen molar-refractivity contribution < 1.29 is 13.5 Å². The molecule has 0 unspecified atom stereocenters. The van der Waals surface area contributed by atoms with Crippen LogP contribution in [-0.4, -0.2) is 17.3 Å². The zero-order valence-electron chi connectivity index (χ0n) is 9.82. The fourth-order valence-electron chi connectivity index (χ4n) is 1.48. The van der Waals surface area contributed by atoms with E-state index in [0.717, 1.165) is 12.1 Å². The highest BCUT2D eigenvalue weighted by Gasteiger charge is 2.13. The van der Waals surface area contributed by atoms with E-state index in [1.54, 1.807) is 6.19 Å². The third-order valence-corrected chi connectivity index (χ3v) is 2.37. The molecule has 0 bridgehead atoms. The van der Waals surface area contributed by atoms with Crippen LogP contribution in [0.2, 0.25) is 0 Å². The molecule has 19 heavy (non-hydrogen) atoms. The van der Waals surface area contributed by atoms with Crippen molar-refractivity contribution in [1.29, 1.82) is 5.26 Å². The van der Waals surface area contributed by atoms with Crippen LogP contribution in [-0.2, 0) is 0 Å². The maximum absolute atomic E-state index is 13.8. The van der Waals surface area contributed by atoms with Crippen molar-refractivity contribution >= 4 is 5.82 Å². The van der Waals surface area contributed by atoms with Crippen LogP contribution in [0.5, 0.6) is 5.75 Å². The van der Waals surface area contributed by atoms with E-state index in [9.17, 15) is 8.78 Å². The lowest BCUT2D eigenvalue weighted by Crippen LogP contribution is -1.97. The molecule has 0 spiro atoms. The number of nitrogens with zero attached hydrogens (tertiary/aromatic N) is 3. The molecule has 0 aliphatic rings. The molecule has 0 atom stereocenters. The number of aromatic nitrogens is 2. The minimum absolute atomic E-state index is 0.0330. The number of anilines is 1. The third kappa shape index (κ3) is 2.57. The van der Waals surface area contributed by atoms with Gasteiger partial charge in [-0.25, -0.2) is 8.78 Å². The Morgan fingerprint density at radius 2 is 2.00 bits per heavy atom. The van der Waals surface area contributed by atoms with E-state index in [-0.39, 0.29) is 22.8 Å². The first-order valence-corrected chi connectivity index (χ1v) is 5.18. The lowest BCUT2D eigenvalue weighted by Gasteiger charge is -2.06. The van der Waals surface area contributed by atoms with Crippen LogP contribution in [0.3, 0.4) is 0 Å². The summed E-state index contributed by atoms with van der Waals surface area (Å²) < 4.78 is 32.0. The Morgan fingerprint density at radius 1 is 1.21 bits per heavy atom. The van der Waals surface area contributed by atoms with Gasteiger partial charge >= 0.3 is 0 Å². The number of halogens is 2. The molecule has 7 heteroatoms. The second-order valence-electron chi connectivity index (χ2n) is 3.51. The molecular formula is C12H8F2N4O. The zero-order chi connectivity index (χ0) is 13.8. The number of hydrogen-bond donors (Lipinski definition) is 1. The number of rotatable bonds is 3. The third-order valence-electron chi connectivity index (χ3n) is 2.37. The molecule has 0 saturated carbocycles. The maximum atomic E-state index is 13.8. The van der Waals surface area contributed by atoms with Gasteiger partial charge < -0.3 is 4.74 Å². The Balaban J connectivity index is 2.42. The summed E-state index contributed by atoms with van der Waals surface area (Å²) in [6.45, 7) is 0. The molecule has 1 aromatic heterocycles. The van der Waals surface area contributed by atoms with Crippen molar-refractivity contribution in [3.05, 3.63) is 35.9 Å². The first kappa shape index (κ1) is 12.7. The number of hydrogen-bond acceptors (Lipinski definition) is 5. The second-order valence-corrected chi connectivity index (χ2v) is 3.51. The summed E-state index contributed by atoms with van der Waals surface area (Å²) in [7, 11) is 1.25. The summed E-state index contributed by atoms with van der Waals surface area (Å²) in [5, 5.41) is 18.0. The fraction of sp³-hybridized carbons (Fsp3) is 0.0833. The molecule has 2 rings (SSSR count). The summed E-state index contributed by atoms with van der Waals surface area (Å²) >= 11 is 0. The SMILES string of the molecule is COc1cc(F)c(-c2ccc(NC#N)nn2)cc1F. The quantitative estimate of drug-likeness (QED) is 0.679. The Hall–Kier alpha value is -2.75. The van der Waals surface area contributed by atoms with Crippen LogP contribution in [0.25, 0.3) is 11.3 Å². The average Bonchev–Trinajstić information content (AvgIpc) is 2.42. The van der Waals surface area contributed by atoms with Gasteiger partial charge in [0.05, 0.1) is 12.8 Å². The molecular weight excluding hydrogens is 254 g/mol. The number of methoxy groups -OCH3 is 1. The van der Waals surface area contributed by atoms with E-state index in [4.69, 9.17) is 5.26 Å². The van der Waals surface area contributed by atoms with Gasteiger partial charge in [-0.2, -0.15) is 5.26 Å².